The highest BCUT2D eigenvalue weighted by molar-refractivity contribution is 8.26. The highest BCUT2D eigenvalue weighted by Crippen LogP contribution is 2.31. The van der Waals surface area contributed by atoms with Gasteiger partial charge in [-0.2, -0.15) is 5.10 Å². The number of nitrogens with one attached hydrogen (secondary N) is 1. The molecule has 1 aromatic heterocycles. The summed E-state index contributed by atoms with van der Waals surface area (Å²) in [5, 5.41) is 8.00. The van der Waals surface area contributed by atoms with Crippen LogP contribution >= 0.6 is 47.2 Å². The van der Waals surface area contributed by atoms with E-state index < -0.39 is 0 Å². The van der Waals surface area contributed by atoms with Crippen molar-refractivity contribution in [3.8, 4) is 5.69 Å². The predicted octanol–water partition coefficient (Wildman–Crippen LogP) is 3.98. The molecule has 0 spiro atoms. The van der Waals surface area contributed by atoms with Gasteiger partial charge in [-0.1, -0.05) is 53.2 Å². The van der Waals surface area contributed by atoms with Crippen molar-refractivity contribution in [1.29, 1.82) is 0 Å². The van der Waals surface area contributed by atoms with E-state index in [1.807, 2.05) is 19.1 Å². The number of hydrogen-bond donors (Lipinski definition) is 1. The van der Waals surface area contributed by atoms with Crippen LogP contribution in [0, 0.1) is 6.92 Å². The van der Waals surface area contributed by atoms with Crippen molar-refractivity contribution >= 4 is 63.5 Å². The summed E-state index contributed by atoms with van der Waals surface area (Å²) < 4.78 is 2.03. The largest absolute Gasteiger partial charge is 0.307 e. The topological polar surface area (TPSA) is 46.9 Å². The molecule has 0 aliphatic carbocycles. The summed E-state index contributed by atoms with van der Waals surface area (Å²) in [6.07, 6.45) is 1.70. The molecule has 2 heterocycles. The molecule has 0 atom stereocenters. The van der Waals surface area contributed by atoms with Crippen LogP contribution in [0.25, 0.3) is 11.8 Å². The van der Waals surface area contributed by atoms with Crippen LogP contribution in [0.2, 0.25) is 10.2 Å². The molecule has 2 aromatic rings. The van der Waals surface area contributed by atoms with E-state index >= 15 is 0 Å². The highest BCUT2D eigenvalue weighted by atomic mass is 35.5. The molecular formula is C14H9Cl2N3OS2. The second-order valence-corrected chi connectivity index (χ2v) is 7.05. The number of thioether (sulfide) groups is 1. The first-order valence-electron chi connectivity index (χ1n) is 6.21. The van der Waals surface area contributed by atoms with Gasteiger partial charge in [-0.25, -0.2) is 4.68 Å². The van der Waals surface area contributed by atoms with Crippen molar-refractivity contribution < 1.29 is 4.79 Å². The van der Waals surface area contributed by atoms with Crippen molar-refractivity contribution in [2.24, 2.45) is 0 Å². The van der Waals surface area contributed by atoms with E-state index in [2.05, 4.69) is 10.4 Å². The number of amides is 1. The van der Waals surface area contributed by atoms with E-state index in [9.17, 15) is 4.79 Å². The lowest BCUT2D eigenvalue weighted by molar-refractivity contribution is -0.115. The van der Waals surface area contributed by atoms with Gasteiger partial charge >= 0.3 is 0 Å². The molecular weight excluding hydrogens is 361 g/mol. The first kappa shape index (κ1) is 15.6. The van der Waals surface area contributed by atoms with Gasteiger partial charge in [-0.05, 0) is 31.2 Å². The van der Waals surface area contributed by atoms with Crippen molar-refractivity contribution in [3.05, 3.63) is 50.6 Å². The zero-order valence-electron chi connectivity index (χ0n) is 11.3. The Kier molecular flexibility index (Phi) is 4.27. The Morgan fingerprint density at radius 1 is 1.41 bits per heavy atom. The molecule has 112 valence electrons. The summed E-state index contributed by atoms with van der Waals surface area (Å²) >= 11 is 18.6. The third-order valence-electron chi connectivity index (χ3n) is 3.02. The average molecular weight is 370 g/mol. The molecule has 4 nitrogen and oxygen atoms in total. The van der Waals surface area contributed by atoms with Gasteiger partial charge in [-0.3, -0.25) is 4.79 Å². The Balaban J connectivity index is 2.06. The average Bonchev–Trinajstić information content (AvgIpc) is 2.92. The van der Waals surface area contributed by atoms with Crippen LogP contribution < -0.4 is 5.32 Å². The molecule has 22 heavy (non-hydrogen) atoms. The van der Waals surface area contributed by atoms with Gasteiger partial charge < -0.3 is 5.32 Å². The van der Waals surface area contributed by atoms with Crippen LogP contribution in [0.3, 0.4) is 0 Å². The quantitative estimate of drug-likeness (QED) is 0.642. The summed E-state index contributed by atoms with van der Waals surface area (Å²) in [6.45, 7) is 1.83. The Morgan fingerprint density at radius 2 is 2.18 bits per heavy atom. The van der Waals surface area contributed by atoms with Crippen molar-refractivity contribution in [3.63, 3.8) is 0 Å². The number of aryl methyl sites for hydroxylation is 1. The van der Waals surface area contributed by atoms with E-state index in [-0.39, 0.29) is 5.91 Å². The summed E-state index contributed by atoms with van der Waals surface area (Å²) in [5.41, 5.74) is 2.15. The second kappa shape index (κ2) is 6.04. The van der Waals surface area contributed by atoms with Crippen LogP contribution in [0.5, 0.6) is 0 Å². The van der Waals surface area contributed by atoms with E-state index in [0.717, 1.165) is 5.69 Å². The Bertz CT molecular complexity index is 829. The number of halogens is 2. The molecule has 1 N–H and O–H groups in total. The molecule has 1 amide bonds. The van der Waals surface area contributed by atoms with Gasteiger partial charge in [0.15, 0.2) is 0 Å². The van der Waals surface area contributed by atoms with Gasteiger partial charge in [0.25, 0.3) is 5.91 Å². The number of carbonyl (C=O) groups excluding carboxylic acids is 1. The second-order valence-electron chi connectivity index (χ2n) is 4.53. The van der Waals surface area contributed by atoms with Crippen molar-refractivity contribution in [2.45, 2.75) is 6.92 Å². The van der Waals surface area contributed by atoms with Crippen LogP contribution in [0.4, 0.5) is 0 Å². The number of thiocarbonyl (C=S) groups is 1. The van der Waals surface area contributed by atoms with E-state index in [1.165, 1.54) is 11.8 Å². The molecule has 0 unspecified atom stereocenters. The third-order valence-corrected chi connectivity index (χ3v) is 4.78. The summed E-state index contributed by atoms with van der Waals surface area (Å²) in [5.74, 6) is -0.221. The minimum atomic E-state index is -0.221. The van der Waals surface area contributed by atoms with Gasteiger partial charge in [0.2, 0.25) is 0 Å². The van der Waals surface area contributed by atoms with Gasteiger partial charge in [-0.15, -0.1) is 0 Å². The maximum absolute atomic E-state index is 11.8. The minimum Gasteiger partial charge on any atom is -0.307 e. The normalized spacial score (nSPS) is 16.4. The minimum absolute atomic E-state index is 0.221. The van der Waals surface area contributed by atoms with Crippen LogP contribution in [-0.2, 0) is 4.79 Å². The first-order chi connectivity index (χ1) is 10.5. The maximum Gasteiger partial charge on any atom is 0.263 e. The standard InChI is InChI=1S/C14H9Cl2N3OS2/c1-7-10(6-11-13(20)17-14(21)22-11)12(16)19(18-7)9-4-2-3-8(15)5-9/h2-6H,1H3,(H,17,20,21). The number of benzene rings is 1. The fraction of sp³-hybridized carbons (Fsp3) is 0.0714. The molecule has 8 heteroatoms. The highest BCUT2D eigenvalue weighted by Gasteiger charge is 2.24. The number of rotatable bonds is 2. The van der Waals surface area contributed by atoms with E-state index in [0.29, 0.717) is 30.7 Å². The lowest BCUT2D eigenvalue weighted by Crippen LogP contribution is -2.17. The maximum atomic E-state index is 11.8. The Hall–Kier alpha value is -1.34. The van der Waals surface area contributed by atoms with Crippen LogP contribution in [0.15, 0.2) is 29.2 Å². The summed E-state index contributed by atoms with van der Waals surface area (Å²) in [4.78, 5) is 12.3. The zero-order chi connectivity index (χ0) is 15.9. The summed E-state index contributed by atoms with van der Waals surface area (Å²) in [6, 6.07) is 7.22. The monoisotopic (exact) mass is 369 g/mol. The number of hydrogen-bond acceptors (Lipinski definition) is 4. The lowest BCUT2D eigenvalue weighted by atomic mass is 10.2. The molecule has 1 aromatic carbocycles. The zero-order valence-corrected chi connectivity index (χ0v) is 14.4. The number of carbonyl (C=O) groups is 1. The molecule has 1 fully saturated rings. The SMILES string of the molecule is Cc1nn(-c2cccc(Cl)c2)c(Cl)c1C=C1SC(=S)NC1=O. The fourth-order valence-electron chi connectivity index (χ4n) is 2.01. The molecule has 0 saturated carbocycles. The van der Waals surface area contributed by atoms with Crippen LogP contribution in [-0.4, -0.2) is 20.0 Å². The fourth-order valence-corrected chi connectivity index (χ4v) is 3.54. The summed E-state index contributed by atoms with van der Waals surface area (Å²) in [7, 11) is 0. The molecule has 1 aliphatic heterocycles. The molecule has 1 saturated heterocycles. The van der Waals surface area contributed by atoms with Crippen molar-refractivity contribution in [1.82, 2.24) is 15.1 Å². The number of aromatic nitrogens is 2. The Labute approximate surface area is 146 Å². The molecule has 3 rings (SSSR count). The number of nitrogens with zero attached hydrogens (tertiary/aromatic N) is 2. The molecule has 0 radical (unpaired) electrons. The molecule has 0 bridgehead atoms. The van der Waals surface area contributed by atoms with Crippen molar-refractivity contribution in [2.75, 3.05) is 0 Å². The third kappa shape index (κ3) is 2.92. The van der Waals surface area contributed by atoms with E-state index in [4.69, 9.17) is 35.4 Å². The smallest absolute Gasteiger partial charge is 0.263 e. The molecule has 1 aliphatic rings. The first-order valence-corrected chi connectivity index (χ1v) is 8.19. The lowest BCUT2D eigenvalue weighted by Gasteiger charge is -2.03. The van der Waals surface area contributed by atoms with Gasteiger partial charge in [0, 0.05) is 10.6 Å². The van der Waals surface area contributed by atoms with Gasteiger partial charge in [0.1, 0.15) is 9.47 Å². The van der Waals surface area contributed by atoms with Crippen LogP contribution in [0.1, 0.15) is 11.3 Å². The van der Waals surface area contributed by atoms with Gasteiger partial charge in [0.05, 0.1) is 16.3 Å². The Morgan fingerprint density at radius 3 is 2.82 bits per heavy atom. The predicted molar refractivity (Wildman–Crippen MR) is 94.6 cm³/mol. The van der Waals surface area contributed by atoms with E-state index in [1.54, 1.807) is 22.9 Å².